The lowest BCUT2D eigenvalue weighted by Gasteiger charge is -2.11. The van der Waals surface area contributed by atoms with Gasteiger partial charge in [0.05, 0.1) is 5.55 Å². The highest BCUT2D eigenvalue weighted by atomic mass is 32.2. The van der Waals surface area contributed by atoms with Gasteiger partial charge in [-0.1, -0.05) is 12.1 Å². The zero-order valence-corrected chi connectivity index (χ0v) is 16.5. The molecule has 138 valence electrons. The standard InChI is InChI=1S/C19H18N3O3PS/c1-10-13-6-5-12(24-19(22)27-9-20)8-16(13)25-18(23)14(10)7-11-3-2-4-15(21)17(11)26/h2-6,8-9,20,22H,7,21,26H2,1H3. The lowest BCUT2D eigenvalue weighted by molar-refractivity contribution is 0.539. The number of hydrogen-bond acceptors (Lipinski definition) is 7. The SMILES string of the molecule is Cc1c(Cc2cccc(N)c2P)c(=O)oc2cc(OC(=N)SC=N)ccc12. The largest absolute Gasteiger partial charge is 0.434 e. The lowest BCUT2D eigenvalue weighted by Crippen LogP contribution is -2.15. The molecule has 1 heterocycles. The smallest absolute Gasteiger partial charge is 0.340 e. The van der Waals surface area contributed by atoms with Crippen molar-refractivity contribution >= 4 is 53.7 Å². The Labute approximate surface area is 162 Å². The van der Waals surface area contributed by atoms with Crippen LogP contribution in [0.3, 0.4) is 0 Å². The fourth-order valence-corrected chi connectivity index (χ4v) is 3.35. The number of aryl methyl sites for hydroxylation is 1. The van der Waals surface area contributed by atoms with E-state index in [0.29, 0.717) is 29.0 Å². The summed E-state index contributed by atoms with van der Waals surface area (Å²) >= 11 is 0.842. The molecule has 1 aromatic heterocycles. The van der Waals surface area contributed by atoms with Crippen LogP contribution >= 0.6 is 21.0 Å². The van der Waals surface area contributed by atoms with Crippen LogP contribution in [0.1, 0.15) is 16.7 Å². The average molecular weight is 399 g/mol. The van der Waals surface area contributed by atoms with Crippen molar-refractivity contribution in [3.05, 3.63) is 63.5 Å². The summed E-state index contributed by atoms with van der Waals surface area (Å²) in [7, 11) is 2.62. The number of anilines is 1. The van der Waals surface area contributed by atoms with Crippen molar-refractivity contribution < 1.29 is 9.15 Å². The summed E-state index contributed by atoms with van der Waals surface area (Å²) in [6.45, 7) is 1.89. The molecule has 4 N–H and O–H groups in total. The van der Waals surface area contributed by atoms with E-state index in [1.807, 2.05) is 25.1 Å². The van der Waals surface area contributed by atoms with Crippen LogP contribution in [0.5, 0.6) is 5.75 Å². The molecule has 0 saturated carbocycles. The van der Waals surface area contributed by atoms with Crippen molar-refractivity contribution in [1.82, 2.24) is 0 Å². The van der Waals surface area contributed by atoms with Gasteiger partial charge in [-0.05, 0) is 53.3 Å². The Bertz CT molecular complexity index is 1110. The third-order valence-electron chi connectivity index (χ3n) is 4.23. The zero-order valence-electron chi connectivity index (χ0n) is 14.5. The predicted molar refractivity (Wildman–Crippen MR) is 115 cm³/mol. The fraction of sp³-hybridized carbons (Fsp3) is 0.105. The first-order valence-corrected chi connectivity index (χ1v) is 9.47. The van der Waals surface area contributed by atoms with Crippen molar-refractivity contribution in [2.24, 2.45) is 0 Å². The van der Waals surface area contributed by atoms with Gasteiger partial charge in [0, 0.05) is 29.1 Å². The number of nitrogens with two attached hydrogens (primary N) is 1. The summed E-state index contributed by atoms with van der Waals surface area (Å²) < 4.78 is 10.8. The van der Waals surface area contributed by atoms with Crippen LogP contribution in [-0.4, -0.2) is 10.8 Å². The van der Waals surface area contributed by atoms with Gasteiger partial charge in [0.15, 0.2) is 0 Å². The van der Waals surface area contributed by atoms with E-state index in [1.165, 1.54) is 0 Å². The summed E-state index contributed by atoms with van der Waals surface area (Å²) in [6, 6.07) is 10.7. The maximum Gasteiger partial charge on any atom is 0.340 e. The summed E-state index contributed by atoms with van der Waals surface area (Å²) in [5.74, 6) is 0.375. The zero-order chi connectivity index (χ0) is 19.6. The molecule has 3 rings (SSSR count). The number of hydrogen-bond donors (Lipinski definition) is 3. The topological polar surface area (TPSA) is 113 Å². The van der Waals surface area contributed by atoms with Crippen LogP contribution in [0.25, 0.3) is 11.0 Å². The Morgan fingerprint density at radius 2 is 2.15 bits per heavy atom. The Kier molecular flexibility index (Phi) is 5.63. The summed E-state index contributed by atoms with van der Waals surface area (Å²) in [5, 5.41) is 16.1. The first-order chi connectivity index (χ1) is 12.9. The molecule has 1 atom stereocenters. The Morgan fingerprint density at radius 1 is 1.37 bits per heavy atom. The number of ether oxygens (including phenoxy) is 1. The van der Waals surface area contributed by atoms with Crippen LogP contribution in [-0.2, 0) is 6.42 Å². The Balaban J connectivity index is 2.01. The first kappa shape index (κ1) is 19.1. The molecule has 27 heavy (non-hydrogen) atoms. The maximum atomic E-state index is 12.6. The van der Waals surface area contributed by atoms with Crippen molar-refractivity contribution in [2.45, 2.75) is 13.3 Å². The van der Waals surface area contributed by atoms with E-state index < -0.39 is 5.63 Å². The molecule has 8 heteroatoms. The molecule has 6 nitrogen and oxygen atoms in total. The third-order valence-corrected chi connectivity index (χ3v) is 5.35. The van der Waals surface area contributed by atoms with Crippen LogP contribution in [0, 0.1) is 17.7 Å². The molecule has 0 spiro atoms. The predicted octanol–water partition coefficient (Wildman–Crippen LogP) is 3.43. The van der Waals surface area contributed by atoms with E-state index >= 15 is 0 Å². The van der Waals surface area contributed by atoms with E-state index in [1.54, 1.807) is 18.2 Å². The van der Waals surface area contributed by atoms with Gasteiger partial charge in [-0.25, -0.2) is 4.79 Å². The minimum atomic E-state index is -0.409. The third kappa shape index (κ3) is 4.04. The number of rotatable bonds is 4. The van der Waals surface area contributed by atoms with Crippen LogP contribution in [0.2, 0.25) is 0 Å². The highest BCUT2D eigenvalue weighted by Gasteiger charge is 2.14. The van der Waals surface area contributed by atoms with Gasteiger partial charge in [-0.15, -0.1) is 9.24 Å². The van der Waals surface area contributed by atoms with E-state index in [-0.39, 0.29) is 5.23 Å². The summed E-state index contributed by atoms with van der Waals surface area (Å²) in [5.41, 5.74) is 9.97. The van der Waals surface area contributed by atoms with Crippen molar-refractivity contribution in [3.8, 4) is 5.75 Å². The maximum absolute atomic E-state index is 12.6. The molecule has 0 aliphatic rings. The fourth-order valence-electron chi connectivity index (χ4n) is 2.80. The monoisotopic (exact) mass is 399 g/mol. The average Bonchev–Trinajstić information content (AvgIpc) is 2.62. The van der Waals surface area contributed by atoms with E-state index in [0.717, 1.165) is 39.1 Å². The van der Waals surface area contributed by atoms with Crippen molar-refractivity contribution in [1.29, 1.82) is 10.8 Å². The number of nitrogen functional groups attached to an aromatic ring is 1. The number of benzene rings is 2. The highest BCUT2D eigenvalue weighted by molar-refractivity contribution is 8.24. The molecule has 0 saturated heterocycles. The molecule has 0 radical (unpaired) electrons. The van der Waals surface area contributed by atoms with E-state index in [4.69, 9.17) is 25.7 Å². The molecule has 1 unspecified atom stereocenters. The van der Waals surface area contributed by atoms with Crippen LogP contribution < -0.4 is 21.4 Å². The van der Waals surface area contributed by atoms with Gasteiger partial charge in [0.1, 0.15) is 11.3 Å². The summed E-state index contributed by atoms with van der Waals surface area (Å²) in [6.07, 6.45) is 0.423. The van der Waals surface area contributed by atoms with Crippen molar-refractivity contribution in [2.75, 3.05) is 5.73 Å². The Morgan fingerprint density at radius 3 is 2.89 bits per heavy atom. The van der Waals surface area contributed by atoms with Gasteiger partial charge in [-0.3, -0.25) is 5.41 Å². The second kappa shape index (κ2) is 7.94. The molecule has 2 aromatic carbocycles. The molecular formula is C19H18N3O3PS. The number of nitrogens with one attached hydrogen (secondary N) is 2. The second-order valence-corrected chi connectivity index (χ2v) is 7.29. The molecule has 0 amide bonds. The van der Waals surface area contributed by atoms with E-state index in [2.05, 4.69) is 9.24 Å². The molecular weight excluding hydrogens is 381 g/mol. The normalized spacial score (nSPS) is 10.7. The molecule has 3 aromatic rings. The quantitative estimate of drug-likeness (QED) is 0.205. The molecule has 0 aliphatic heterocycles. The highest BCUT2D eigenvalue weighted by Crippen LogP contribution is 2.26. The van der Waals surface area contributed by atoms with E-state index in [9.17, 15) is 4.79 Å². The van der Waals surface area contributed by atoms with Gasteiger partial charge >= 0.3 is 5.63 Å². The van der Waals surface area contributed by atoms with Gasteiger partial charge in [0.2, 0.25) is 0 Å². The first-order valence-electron chi connectivity index (χ1n) is 8.02. The van der Waals surface area contributed by atoms with Gasteiger partial charge < -0.3 is 20.3 Å². The van der Waals surface area contributed by atoms with Crippen LogP contribution in [0.15, 0.2) is 45.6 Å². The number of fused-ring (bicyclic) bond motifs is 1. The van der Waals surface area contributed by atoms with Gasteiger partial charge in [-0.2, -0.15) is 0 Å². The minimum absolute atomic E-state index is 0.130. The molecule has 0 fully saturated rings. The van der Waals surface area contributed by atoms with Gasteiger partial charge in [0.25, 0.3) is 5.23 Å². The summed E-state index contributed by atoms with van der Waals surface area (Å²) in [4.78, 5) is 12.6. The molecule has 0 bridgehead atoms. The Hall–Kier alpha value is -2.63. The van der Waals surface area contributed by atoms with Crippen LogP contribution in [0.4, 0.5) is 5.69 Å². The lowest BCUT2D eigenvalue weighted by atomic mass is 9.99. The van der Waals surface area contributed by atoms with Crippen molar-refractivity contribution in [3.63, 3.8) is 0 Å². The minimum Gasteiger partial charge on any atom is -0.434 e. The second-order valence-electron chi connectivity index (χ2n) is 5.87. The number of thioether (sulfide) groups is 1. The molecule has 0 aliphatic carbocycles.